The summed E-state index contributed by atoms with van der Waals surface area (Å²) in [6, 6.07) is 21.8. The van der Waals surface area contributed by atoms with E-state index in [0.29, 0.717) is 34.9 Å². The van der Waals surface area contributed by atoms with Crippen molar-refractivity contribution in [1.29, 1.82) is 0 Å². The van der Waals surface area contributed by atoms with Crippen LogP contribution in [0.2, 0.25) is 0 Å². The van der Waals surface area contributed by atoms with Gasteiger partial charge in [0.2, 0.25) is 0 Å². The van der Waals surface area contributed by atoms with Crippen molar-refractivity contribution in [2.75, 3.05) is 17.2 Å². The fourth-order valence-corrected chi connectivity index (χ4v) is 3.61. The molecule has 188 valence electrons. The number of rotatable bonds is 8. The first-order chi connectivity index (χ1) is 17.2. The normalized spacial score (nSPS) is 10.9. The lowest BCUT2D eigenvalue weighted by atomic mass is 9.87. The van der Waals surface area contributed by atoms with Gasteiger partial charge >= 0.3 is 0 Å². The topological polar surface area (TPSA) is 79.5 Å². The molecule has 0 aliphatic heterocycles. The van der Waals surface area contributed by atoms with Crippen LogP contribution in [0, 0.1) is 0 Å². The Kier molecular flexibility index (Phi) is 9.19. The van der Waals surface area contributed by atoms with E-state index in [-0.39, 0.29) is 22.3 Å². The first kappa shape index (κ1) is 26.9. The number of anilines is 2. The molecule has 0 spiro atoms. The average Bonchev–Trinajstić information content (AvgIpc) is 2.85. The number of thiocarbonyl (C=S) groups is 1. The van der Waals surface area contributed by atoms with Gasteiger partial charge in [-0.15, -0.1) is 0 Å². The molecule has 0 aliphatic carbocycles. The molecule has 3 rings (SSSR count). The smallest absolute Gasteiger partial charge is 0.261 e. The number of hydrogen-bond acceptors (Lipinski definition) is 4. The maximum absolute atomic E-state index is 12.7. The largest absolute Gasteiger partial charge is 0.493 e. The van der Waals surface area contributed by atoms with Crippen LogP contribution in [-0.4, -0.2) is 23.5 Å². The summed E-state index contributed by atoms with van der Waals surface area (Å²) in [5.41, 5.74) is 3.55. The van der Waals surface area contributed by atoms with Gasteiger partial charge in [0.15, 0.2) is 5.11 Å². The zero-order valence-corrected chi connectivity index (χ0v) is 22.0. The summed E-state index contributed by atoms with van der Waals surface area (Å²) in [4.78, 5) is 25.3. The second-order valence-corrected chi connectivity index (χ2v) is 9.87. The number of amides is 2. The third-order valence-corrected chi connectivity index (χ3v) is 5.73. The molecule has 0 saturated carbocycles. The molecule has 0 aliphatic rings. The Morgan fingerprint density at radius 3 is 2.06 bits per heavy atom. The molecule has 0 bridgehead atoms. The molecular weight excluding hydrogens is 470 g/mol. The molecule has 0 fully saturated rings. The van der Waals surface area contributed by atoms with Gasteiger partial charge in [-0.1, -0.05) is 58.4 Å². The number of benzene rings is 3. The number of unbranched alkanes of at least 4 members (excludes halogenated alkanes) is 1. The highest BCUT2D eigenvalue weighted by atomic mass is 32.1. The number of para-hydroxylation sites is 1. The van der Waals surface area contributed by atoms with Crippen molar-refractivity contribution in [3.05, 3.63) is 89.5 Å². The van der Waals surface area contributed by atoms with E-state index < -0.39 is 0 Å². The van der Waals surface area contributed by atoms with Gasteiger partial charge in [0.1, 0.15) is 5.75 Å². The maximum Gasteiger partial charge on any atom is 0.261 e. The van der Waals surface area contributed by atoms with E-state index in [1.807, 2.05) is 30.3 Å². The predicted molar refractivity (Wildman–Crippen MR) is 150 cm³/mol. The molecule has 7 heteroatoms. The van der Waals surface area contributed by atoms with Gasteiger partial charge in [0, 0.05) is 16.9 Å². The average molecular weight is 504 g/mol. The Hall–Kier alpha value is -3.71. The number of carbonyl (C=O) groups excluding carboxylic acids is 2. The Balaban J connectivity index is 1.55. The first-order valence-corrected chi connectivity index (χ1v) is 12.4. The third kappa shape index (κ3) is 7.65. The van der Waals surface area contributed by atoms with Gasteiger partial charge in [-0.3, -0.25) is 14.9 Å². The summed E-state index contributed by atoms with van der Waals surface area (Å²) in [6.45, 7) is 9.04. The van der Waals surface area contributed by atoms with Crippen LogP contribution >= 0.6 is 12.2 Å². The Morgan fingerprint density at radius 2 is 1.44 bits per heavy atom. The Morgan fingerprint density at radius 1 is 0.833 bits per heavy atom. The van der Waals surface area contributed by atoms with Crippen molar-refractivity contribution < 1.29 is 14.3 Å². The van der Waals surface area contributed by atoms with Crippen LogP contribution in [0.25, 0.3) is 0 Å². The standard InChI is InChI=1S/C29H33N3O3S/c1-5-6-19-35-25-10-8-7-9-24(25)27(34)32-28(36)31-23-17-15-22(16-18-23)30-26(33)20-11-13-21(14-12-20)29(2,3)4/h7-18H,5-6,19H2,1-4H3,(H,30,33)(H2,31,32,34,36). The maximum atomic E-state index is 12.7. The summed E-state index contributed by atoms with van der Waals surface area (Å²) in [5, 5.41) is 8.74. The van der Waals surface area contributed by atoms with Crippen molar-refractivity contribution in [3.63, 3.8) is 0 Å². The third-order valence-electron chi connectivity index (χ3n) is 5.53. The molecular formula is C29H33N3O3S. The van der Waals surface area contributed by atoms with Gasteiger partial charge < -0.3 is 15.4 Å². The minimum absolute atomic E-state index is 0.0314. The Labute approximate surface area is 218 Å². The predicted octanol–water partition coefficient (Wildman–Crippen LogP) is 6.54. The summed E-state index contributed by atoms with van der Waals surface area (Å²) < 4.78 is 5.74. The number of carbonyl (C=O) groups is 2. The number of hydrogen-bond donors (Lipinski definition) is 3. The van der Waals surface area contributed by atoms with E-state index in [1.165, 1.54) is 5.56 Å². The summed E-state index contributed by atoms with van der Waals surface area (Å²) in [6.07, 6.45) is 1.92. The Bertz CT molecular complexity index is 1200. The van der Waals surface area contributed by atoms with E-state index in [4.69, 9.17) is 17.0 Å². The van der Waals surface area contributed by atoms with Gasteiger partial charge in [-0.05, 0) is 78.1 Å². The zero-order chi connectivity index (χ0) is 26.1. The van der Waals surface area contributed by atoms with Gasteiger partial charge in [0.05, 0.1) is 12.2 Å². The first-order valence-electron chi connectivity index (χ1n) is 12.0. The van der Waals surface area contributed by atoms with Crippen molar-refractivity contribution >= 4 is 40.5 Å². The molecule has 0 saturated heterocycles. The lowest BCUT2D eigenvalue weighted by Gasteiger charge is -2.19. The van der Waals surface area contributed by atoms with Gasteiger partial charge in [-0.2, -0.15) is 0 Å². The van der Waals surface area contributed by atoms with Crippen molar-refractivity contribution in [1.82, 2.24) is 5.32 Å². The quantitative estimate of drug-likeness (QED) is 0.240. The fourth-order valence-electron chi connectivity index (χ4n) is 3.40. The van der Waals surface area contributed by atoms with Gasteiger partial charge in [0.25, 0.3) is 11.8 Å². The summed E-state index contributed by atoms with van der Waals surface area (Å²) >= 11 is 5.31. The highest BCUT2D eigenvalue weighted by molar-refractivity contribution is 7.80. The van der Waals surface area contributed by atoms with Crippen molar-refractivity contribution in [2.45, 2.75) is 46.0 Å². The second-order valence-electron chi connectivity index (χ2n) is 9.47. The molecule has 0 aromatic heterocycles. The molecule has 0 heterocycles. The van der Waals surface area contributed by atoms with Crippen LogP contribution < -0.4 is 20.7 Å². The van der Waals surface area contributed by atoms with Crippen LogP contribution in [0.3, 0.4) is 0 Å². The molecule has 36 heavy (non-hydrogen) atoms. The molecule has 0 atom stereocenters. The van der Waals surface area contributed by atoms with Crippen molar-refractivity contribution in [2.24, 2.45) is 0 Å². The van der Waals surface area contributed by atoms with E-state index in [0.717, 1.165) is 12.8 Å². The number of nitrogens with one attached hydrogen (secondary N) is 3. The van der Waals surface area contributed by atoms with Gasteiger partial charge in [-0.25, -0.2) is 0 Å². The van der Waals surface area contributed by atoms with Crippen LogP contribution in [0.1, 0.15) is 66.8 Å². The van der Waals surface area contributed by atoms with Crippen molar-refractivity contribution in [3.8, 4) is 5.75 Å². The van der Waals surface area contributed by atoms with Crippen LogP contribution in [0.15, 0.2) is 72.8 Å². The summed E-state index contributed by atoms with van der Waals surface area (Å²) in [5.74, 6) is -0.000810. The highest BCUT2D eigenvalue weighted by Crippen LogP contribution is 2.23. The van der Waals surface area contributed by atoms with E-state index in [2.05, 4.69) is 43.6 Å². The summed E-state index contributed by atoms with van der Waals surface area (Å²) in [7, 11) is 0. The SMILES string of the molecule is CCCCOc1ccccc1C(=O)NC(=S)Nc1ccc(NC(=O)c2ccc(C(C)(C)C)cc2)cc1. The zero-order valence-electron chi connectivity index (χ0n) is 21.2. The molecule has 6 nitrogen and oxygen atoms in total. The number of ether oxygens (including phenoxy) is 1. The minimum atomic E-state index is -0.346. The second kappa shape index (κ2) is 12.3. The van der Waals surface area contributed by atoms with E-state index in [1.54, 1.807) is 42.5 Å². The molecule has 0 radical (unpaired) electrons. The molecule has 2 amide bonds. The molecule has 3 N–H and O–H groups in total. The van der Waals surface area contributed by atoms with Crippen LogP contribution in [0.5, 0.6) is 5.75 Å². The fraction of sp³-hybridized carbons (Fsp3) is 0.276. The lowest BCUT2D eigenvalue weighted by molar-refractivity contribution is 0.0972. The van der Waals surface area contributed by atoms with Crippen LogP contribution in [0.4, 0.5) is 11.4 Å². The van der Waals surface area contributed by atoms with E-state index in [9.17, 15) is 9.59 Å². The molecule has 3 aromatic carbocycles. The van der Waals surface area contributed by atoms with E-state index >= 15 is 0 Å². The van der Waals surface area contributed by atoms with Crippen LogP contribution in [-0.2, 0) is 5.41 Å². The highest BCUT2D eigenvalue weighted by Gasteiger charge is 2.15. The molecule has 0 unspecified atom stereocenters. The monoisotopic (exact) mass is 503 g/mol. The molecule has 3 aromatic rings. The minimum Gasteiger partial charge on any atom is -0.493 e. The lowest BCUT2D eigenvalue weighted by Crippen LogP contribution is -2.34.